The van der Waals surface area contributed by atoms with Gasteiger partial charge in [-0.1, -0.05) is 29.8 Å². The Morgan fingerprint density at radius 3 is 2.50 bits per heavy atom. The van der Waals surface area contributed by atoms with Crippen LogP contribution in [0.15, 0.2) is 54.8 Å². The van der Waals surface area contributed by atoms with Crippen LogP contribution in [0.1, 0.15) is 16.7 Å². The molecule has 1 aliphatic heterocycles. The maximum atomic E-state index is 11.8. The minimum Gasteiger partial charge on any atom is -0.493 e. The van der Waals surface area contributed by atoms with Crippen molar-refractivity contribution in [1.82, 2.24) is 10.6 Å². The average Bonchev–Trinajstić information content (AvgIpc) is 2.99. The van der Waals surface area contributed by atoms with Gasteiger partial charge in [0.05, 0.1) is 7.11 Å². The summed E-state index contributed by atoms with van der Waals surface area (Å²) in [5.41, 5.74) is 2.68. The van der Waals surface area contributed by atoms with Gasteiger partial charge in [-0.15, -0.1) is 6.58 Å². The number of carbonyl (C=O) groups is 2. The van der Waals surface area contributed by atoms with E-state index in [4.69, 9.17) is 21.1 Å². The van der Waals surface area contributed by atoms with E-state index >= 15 is 0 Å². The number of nitrogens with one attached hydrogen (secondary N) is 2. The summed E-state index contributed by atoms with van der Waals surface area (Å²) in [5, 5.41) is 5.30. The topological polar surface area (TPSA) is 76.7 Å². The van der Waals surface area contributed by atoms with E-state index in [0.717, 1.165) is 11.1 Å². The Hall–Kier alpha value is -3.25. The highest BCUT2D eigenvalue weighted by Crippen LogP contribution is 2.35. The van der Waals surface area contributed by atoms with E-state index < -0.39 is 11.9 Å². The molecule has 2 N–H and O–H groups in total. The van der Waals surface area contributed by atoms with E-state index in [1.807, 2.05) is 18.2 Å². The minimum atomic E-state index is -0.544. The Balaban J connectivity index is 1.91. The Bertz CT molecular complexity index is 952. The third-order valence-corrected chi connectivity index (χ3v) is 4.32. The van der Waals surface area contributed by atoms with Gasteiger partial charge in [0.1, 0.15) is 12.3 Å². The van der Waals surface area contributed by atoms with Gasteiger partial charge in [-0.3, -0.25) is 10.1 Å². The number of amides is 3. The lowest BCUT2D eigenvalue weighted by atomic mass is 10.0. The van der Waals surface area contributed by atoms with Crippen molar-refractivity contribution >= 4 is 29.6 Å². The molecule has 0 bridgehead atoms. The summed E-state index contributed by atoms with van der Waals surface area (Å²) in [4.78, 5) is 23.1. The van der Waals surface area contributed by atoms with Crippen LogP contribution in [0.25, 0.3) is 6.08 Å². The molecule has 0 aromatic heterocycles. The van der Waals surface area contributed by atoms with Crippen molar-refractivity contribution in [2.75, 3.05) is 7.11 Å². The molecule has 1 aliphatic rings. The molecule has 0 spiro atoms. The molecule has 3 rings (SSSR count). The van der Waals surface area contributed by atoms with Crippen LogP contribution in [0.4, 0.5) is 4.79 Å². The molecule has 144 valence electrons. The maximum absolute atomic E-state index is 11.8. The lowest BCUT2D eigenvalue weighted by Crippen LogP contribution is -2.22. The fraction of sp³-hybridized carbons (Fsp3) is 0.143. The Morgan fingerprint density at radius 1 is 1.14 bits per heavy atom. The van der Waals surface area contributed by atoms with E-state index in [0.29, 0.717) is 35.1 Å². The molecular formula is C21H19ClN2O4. The van der Waals surface area contributed by atoms with Crippen LogP contribution in [0.2, 0.25) is 5.02 Å². The lowest BCUT2D eigenvalue weighted by Gasteiger charge is -2.16. The molecule has 0 aliphatic carbocycles. The van der Waals surface area contributed by atoms with Crippen LogP contribution in [0.3, 0.4) is 0 Å². The molecule has 0 radical (unpaired) electrons. The van der Waals surface area contributed by atoms with Gasteiger partial charge >= 0.3 is 6.03 Å². The van der Waals surface area contributed by atoms with Gasteiger partial charge in [0.2, 0.25) is 0 Å². The monoisotopic (exact) mass is 398 g/mol. The number of benzene rings is 2. The molecule has 2 aromatic rings. The van der Waals surface area contributed by atoms with E-state index in [1.165, 1.54) is 0 Å². The average molecular weight is 399 g/mol. The number of urea groups is 1. The Morgan fingerprint density at radius 2 is 1.89 bits per heavy atom. The highest BCUT2D eigenvalue weighted by Gasteiger charge is 2.23. The maximum Gasteiger partial charge on any atom is 0.326 e. The predicted molar refractivity (Wildman–Crippen MR) is 107 cm³/mol. The quantitative estimate of drug-likeness (QED) is 0.422. The number of carbonyl (C=O) groups excluding carboxylic acids is 2. The highest BCUT2D eigenvalue weighted by molar-refractivity contribution is 6.30. The van der Waals surface area contributed by atoms with Crippen molar-refractivity contribution in [3.63, 3.8) is 0 Å². The van der Waals surface area contributed by atoms with Crippen LogP contribution in [0.5, 0.6) is 11.5 Å². The summed E-state index contributed by atoms with van der Waals surface area (Å²) in [6.45, 7) is 4.13. The summed E-state index contributed by atoms with van der Waals surface area (Å²) >= 11 is 5.92. The number of hydrogen-bond acceptors (Lipinski definition) is 4. The predicted octanol–water partition coefficient (Wildman–Crippen LogP) is 3.84. The second kappa shape index (κ2) is 8.63. The number of ether oxygens (including phenoxy) is 2. The van der Waals surface area contributed by atoms with E-state index in [9.17, 15) is 9.59 Å². The van der Waals surface area contributed by atoms with Gasteiger partial charge in [-0.2, -0.15) is 0 Å². The molecule has 1 saturated heterocycles. The Labute approximate surface area is 167 Å². The highest BCUT2D eigenvalue weighted by atomic mass is 35.5. The van der Waals surface area contributed by atoms with Crippen molar-refractivity contribution in [3.8, 4) is 11.5 Å². The third kappa shape index (κ3) is 4.53. The lowest BCUT2D eigenvalue weighted by molar-refractivity contribution is -0.115. The van der Waals surface area contributed by atoms with Crippen molar-refractivity contribution in [2.45, 2.75) is 13.0 Å². The second-order valence-corrected chi connectivity index (χ2v) is 6.52. The van der Waals surface area contributed by atoms with Crippen LogP contribution < -0.4 is 20.1 Å². The molecular weight excluding hydrogens is 380 g/mol. The van der Waals surface area contributed by atoms with Gasteiger partial charge < -0.3 is 14.8 Å². The summed E-state index contributed by atoms with van der Waals surface area (Å²) in [6, 6.07) is 10.5. The molecule has 0 atom stereocenters. The normalized spacial score (nSPS) is 14.6. The van der Waals surface area contributed by atoms with Crippen LogP contribution in [-0.4, -0.2) is 19.0 Å². The van der Waals surface area contributed by atoms with E-state index in [1.54, 1.807) is 37.5 Å². The summed E-state index contributed by atoms with van der Waals surface area (Å²) in [7, 11) is 1.54. The zero-order valence-corrected chi connectivity index (χ0v) is 16.0. The molecule has 2 aromatic carbocycles. The van der Waals surface area contributed by atoms with Gasteiger partial charge in [0, 0.05) is 10.6 Å². The smallest absolute Gasteiger partial charge is 0.326 e. The van der Waals surface area contributed by atoms with Gasteiger partial charge in [-0.25, -0.2) is 4.79 Å². The molecule has 6 nitrogen and oxygen atoms in total. The number of halogens is 1. The van der Waals surface area contributed by atoms with Crippen molar-refractivity contribution in [2.24, 2.45) is 0 Å². The molecule has 0 saturated carbocycles. The van der Waals surface area contributed by atoms with Crippen molar-refractivity contribution < 1.29 is 19.1 Å². The number of allylic oxidation sites excluding steroid dienone is 1. The molecule has 1 fully saturated rings. The summed E-state index contributed by atoms with van der Waals surface area (Å²) in [6.07, 6.45) is 3.88. The zero-order valence-electron chi connectivity index (χ0n) is 15.3. The van der Waals surface area contributed by atoms with Gasteiger partial charge in [-0.05, 0) is 47.9 Å². The number of hydrogen-bond donors (Lipinski definition) is 2. The fourth-order valence-electron chi connectivity index (χ4n) is 2.77. The largest absolute Gasteiger partial charge is 0.493 e. The molecule has 7 heteroatoms. The van der Waals surface area contributed by atoms with Crippen LogP contribution in [0, 0.1) is 0 Å². The SMILES string of the molecule is C=CCc1cc(C=C2NC(=O)NC2=O)cc(OC)c1OCc1ccc(Cl)cc1. The first kappa shape index (κ1) is 19.5. The second-order valence-electron chi connectivity index (χ2n) is 6.09. The molecule has 0 unspecified atom stereocenters. The van der Waals surface area contributed by atoms with Crippen molar-refractivity contribution in [1.29, 1.82) is 0 Å². The first-order chi connectivity index (χ1) is 13.5. The standard InChI is InChI=1S/C21H19ClN2O4/c1-3-4-15-9-14(10-17-20(25)24-21(26)23-17)11-18(27-2)19(15)28-12-13-5-7-16(22)8-6-13/h3,5-11H,1,4,12H2,2H3,(H2,23,24,25,26). The van der Waals surface area contributed by atoms with Crippen LogP contribution >= 0.6 is 11.6 Å². The zero-order chi connectivity index (χ0) is 20.1. The summed E-state index contributed by atoms with van der Waals surface area (Å²) < 4.78 is 11.5. The minimum absolute atomic E-state index is 0.173. The number of rotatable bonds is 7. The van der Waals surface area contributed by atoms with E-state index in [-0.39, 0.29) is 5.70 Å². The molecule has 28 heavy (non-hydrogen) atoms. The third-order valence-electron chi connectivity index (χ3n) is 4.07. The van der Waals surface area contributed by atoms with E-state index in [2.05, 4.69) is 17.2 Å². The fourth-order valence-corrected chi connectivity index (χ4v) is 2.90. The van der Waals surface area contributed by atoms with Gasteiger partial charge in [0.25, 0.3) is 5.91 Å². The first-order valence-corrected chi connectivity index (χ1v) is 8.91. The number of imide groups is 1. The summed E-state index contributed by atoms with van der Waals surface area (Å²) in [5.74, 6) is 0.640. The molecule has 1 heterocycles. The molecule has 3 amide bonds. The first-order valence-electron chi connectivity index (χ1n) is 8.53. The Kier molecular flexibility index (Phi) is 6.01. The van der Waals surface area contributed by atoms with Gasteiger partial charge in [0.15, 0.2) is 11.5 Å². The van der Waals surface area contributed by atoms with Crippen LogP contribution in [-0.2, 0) is 17.8 Å². The van der Waals surface area contributed by atoms with Crippen molar-refractivity contribution in [3.05, 3.63) is 76.5 Å². The number of methoxy groups -OCH3 is 1.